The van der Waals surface area contributed by atoms with Crippen LogP contribution in [0, 0.1) is 0 Å². The van der Waals surface area contributed by atoms with Crippen molar-refractivity contribution in [3.05, 3.63) is 34.9 Å². The van der Waals surface area contributed by atoms with Crippen LogP contribution in [-0.2, 0) is 19.4 Å². The first-order chi connectivity index (χ1) is 6.90. The van der Waals surface area contributed by atoms with Gasteiger partial charge in [-0.15, -0.1) is 0 Å². The van der Waals surface area contributed by atoms with Gasteiger partial charge < -0.3 is 5.32 Å². The lowest BCUT2D eigenvalue weighted by molar-refractivity contribution is 0.675. The summed E-state index contributed by atoms with van der Waals surface area (Å²) >= 11 is 0. The first-order valence-corrected chi connectivity index (χ1v) is 5.71. The van der Waals surface area contributed by atoms with Gasteiger partial charge in [-0.05, 0) is 48.9 Å². The van der Waals surface area contributed by atoms with Crippen molar-refractivity contribution in [1.29, 1.82) is 0 Å². The number of fused-ring (bicyclic) bond motifs is 1. The lowest BCUT2D eigenvalue weighted by Gasteiger charge is -2.05. The maximum Gasteiger partial charge on any atom is 0.0205 e. The molecule has 1 aromatic carbocycles. The largest absolute Gasteiger partial charge is 0.313 e. The van der Waals surface area contributed by atoms with E-state index in [4.69, 9.17) is 0 Å². The first kappa shape index (κ1) is 9.72. The van der Waals surface area contributed by atoms with Gasteiger partial charge in [-0.1, -0.05) is 25.1 Å². The molecule has 1 aliphatic rings. The molecule has 1 heteroatoms. The standard InChI is InChI=1S/C13H19N/c1-2-8-14-10-11-6-7-12-4-3-5-13(12)9-11/h6-7,9,14H,2-5,8,10H2,1H3. The molecule has 0 aliphatic heterocycles. The third-order valence-electron chi connectivity index (χ3n) is 2.92. The van der Waals surface area contributed by atoms with Gasteiger partial charge in [0.1, 0.15) is 0 Å². The molecule has 1 aliphatic carbocycles. The van der Waals surface area contributed by atoms with E-state index in [0.29, 0.717) is 0 Å². The van der Waals surface area contributed by atoms with Crippen molar-refractivity contribution in [1.82, 2.24) is 5.32 Å². The number of hydrogen-bond donors (Lipinski definition) is 1. The Morgan fingerprint density at radius 1 is 1.21 bits per heavy atom. The van der Waals surface area contributed by atoms with Crippen LogP contribution in [0.15, 0.2) is 18.2 Å². The van der Waals surface area contributed by atoms with E-state index in [1.807, 2.05) is 0 Å². The van der Waals surface area contributed by atoms with Gasteiger partial charge in [-0.25, -0.2) is 0 Å². The van der Waals surface area contributed by atoms with E-state index in [1.54, 1.807) is 11.1 Å². The van der Waals surface area contributed by atoms with Crippen LogP contribution in [0.1, 0.15) is 36.5 Å². The molecule has 14 heavy (non-hydrogen) atoms. The SMILES string of the molecule is CCCNCc1ccc2c(c1)CCC2. The van der Waals surface area contributed by atoms with Crippen LogP contribution in [0.5, 0.6) is 0 Å². The molecule has 0 spiro atoms. The highest BCUT2D eigenvalue weighted by molar-refractivity contribution is 5.35. The maximum atomic E-state index is 3.44. The Bertz CT molecular complexity index is 304. The van der Waals surface area contributed by atoms with Gasteiger partial charge in [0.25, 0.3) is 0 Å². The fraction of sp³-hybridized carbons (Fsp3) is 0.538. The molecule has 0 saturated heterocycles. The van der Waals surface area contributed by atoms with Crippen molar-refractivity contribution < 1.29 is 0 Å². The van der Waals surface area contributed by atoms with Crippen LogP contribution in [0.25, 0.3) is 0 Å². The first-order valence-electron chi connectivity index (χ1n) is 5.71. The summed E-state index contributed by atoms with van der Waals surface area (Å²) in [6.45, 7) is 4.36. The van der Waals surface area contributed by atoms with E-state index < -0.39 is 0 Å². The van der Waals surface area contributed by atoms with Crippen LogP contribution in [0.4, 0.5) is 0 Å². The maximum absolute atomic E-state index is 3.44. The summed E-state index contributed by atoms with van der Waals surface area (Å²) in [5, 5.41) is 3.44. The van der Waals surface area contributed by atoms with Gasteiger partial charge in [0, 0.05) is 6.54 Å². The molecule has 0 saturated carbocycles. The molecule has 0 heterocycles. The quantitative estimate of drug-likeness (QED) is 0.718. The Kier molecular flexibility index (Phi) is 3.20. The van der Waals surface area contributed by atoms with Crippen molar-refractivity contribution in [2.45, 2.75) is 39.2 Å². The average Bonchev–Trinajstić information content (AvgIpc) is 2.65. The highest BCUT2D eigenvalue weighted by Crippen LogP contribution is 2.22. The van der Waals surface area contributed by atoms with Gasteiger partial charge in [0.2, 0.25) is 0 Å². The van der Waals surface area contributed by atoms with Gasteiger partial charge in [-0.3, -0.25) is 0 Å². The third-order valence-corrected chi connectivity index (χ3v) is 2.92. The smallest absolute Gasteiger partial charge is 0.0205 e. The van der Waals surface area contributed by atoms with Crippen LogP contribution >= 0.6 is 0 Å². The van der Waals surface area contributed by atoms with Crippen molar-refractivity contribution in [3.63, 3.8) is 0 Å². The van der Waals surface area contributed by atoms with E-state index >= 15 is 0 Å². The minimum absolute atomic E-state index is 1.03. The van der Waals surface area contributed by atoms with Crippen molar-refractivity contribution in [2.24, 2.45) is 0 Å². The Morgan fingerprint density at radius 3 is 2.93 bits per heavy atom. The van der Waals surface area contributed by atoms with Gasteiger partial charge in [0.15, 0.2) is 0 Å². The molecule has 2 rings (SSSR count). The van der Waals surface area contributed by atoms with Gasteiger partial charge in [0.05, 0.1) is 0 Å². The zero-order chi connectivity index (χ0) is 9.80. The molecule has 1 nitrogen and oxygen atoms in total. The van der Waals surface area contributed by atoms with E-state index in [2.05, 4.69) is 30.4 Å². The lowest BCUT2D eigenvalue weighted by Crippen LogP contribution is -2.13. The van der Waals surface area contributed by atoms with Gasteiger partial charge >= 0.3 is 0 Å². The molecule has 0 bridgehead atoms. The number of aryl methyl sites for hydroxylation is 2. The molecular weight excluding hydrogens is 170 g/mol. The summed E-state index contributed by atoms with van der Waals surface area (Å²) in [4.78, 5) is 0. The molecule has 1 N–H and O–H groups in total. The molecule has 0 radical (unpaired) electrons. The van der Waals surface area contributed by atoms with Crippen LogP contribution < -0.4 is 5.32 Å². The van der Waals surface area contributed by atoms with Crippen LogP contribution in [0.3, 0.4) is 0 Å². The Balaban J connectivity index is 1.98. The predicted molar refractivity (Wildman–Crippen MR) is 60.5 cm³/mol. The minimum atomic E-state index is 1.03. The van der Waals surface area contributed by atoms with E-state index in [1.165, 1.54) is 31.2 Å². The summed E-state index contributed by atoms with van der Waals surface area (Å²) in [6, 6.07) is 6.96. The van der Waals surface area contributed by atoms with Crippen molar-refractivity contribution >= 4 is 0 Å². The molecule has 0 atom stereocenters. The number of benzene rings is 1. The molecule has 0 unspecified atom stereocenters. The number of rotatable bonds is 4. The fourth-order valence-electron chi connectivity index (χ4n) is 2.14. The molecule has 0 fully saturated rings. The van der Waals surface area contributed by atoms with Gasteiger partial charge in [-0.2, -0.15) is 0 Å². The lowest BCUT2D eigenvalue weighted by atomic mass is 10.1. The van der Waals surface area contributed by atoms with Crippen molar-refractivity contribution in [3.8, 4) is 0 Å². The Labute approximate surface area is 86.5 Å². The topological polar surface area (TPSA) is 12.0 Å². The highest BCUT2D eigenvalue weighted by Gasteiger charge is 2.10. The molecule has 1 aromatic rings. The molecule has 76 valence electrons. The minimum Gasteiger partial charge on any atom is -0.313 e. The average molecular weight is 189 g/mol. The van der Waals surface area contributed by atoms with E-state index in [-0.39, 0.29) is 0 Å². The Hall–Kier alpha value is -0.820. The third kappa shape index (κ3) is 2.16. The fourth-order valence-corrected chi connectivity index (χ4v) is 2.14. The summed E-state index contributed by atoms with van der Waals surface area (Å²) in [6.07, 6.45) is 5.14. The summed E-state index contributed by atoms with van der Waals surface area (Å²) in [5.74, 6) is 0. The molecular formula is C13H19N. The number of nitrogens with one attached hydrogen (secondary N) is 1. The number of hydrogen-bond acceptors (Lipinski definition) is 1. The Morgan fingerprint density at radius 2 is 2.07 bits per heavy atom. The zero-order valence-corrected chi connectivity index (χ0v) is 8.97. The monoisotopic (exact) mass is 189 g/mol. The van der Waals surface area contributed by atoms with E-state index in [0.717, 1.165) is 13.1 Å². The summed E-state index contributed by atoms with van der Waals surface area (Å²) in [5.41, 5.74) is 4.60. The molecule has 0 aromatic heterocycles. The summed E-state index contributed by atoms with van der Waals surface area (Å²) in [7, 11) is 0. The zero-order valence-electron chi connectivity index (χ0n) is 8.97. The molecule has 0 amide bonds. The van der Waals surface area contributed by atoms with Crippen LogP contribution in [0.2, 0.25) is 0 Å². The van der Waals surface area contributed by atoms with Crippen LogP contribution in [-0.4, -0.2) is 6.54 Å². The second-order valence-electron chi connectivity index (χ2n) is 4.13. The highest BCUT2D eigenvalue weighted by atomic mass is 14.8. The van der Waals surface area contributed by atoms with Crippen molar-refractivity contribution in [2.75, 3.05) is 6.54 Å². The van der Waals surface area contributed by atoms with E-state index in [9.17, 15) is 0 Å². The predicted octanol–water partition coefficient (Wildman–Crippen LogP) is 2.67. The second kappa shape index (κ2) is 4.61. The normalized spacial score (nSPS) is 14.4. The second-order valence-corrected chi connectivity index (χ2v) is 4.13. The summed E-state index contributed by atoms with van der Waals surface area (Å²) < 4.78 is 0.